The zero-order chi connectivity index (χ0) is 15.6. The summed E-state index contributed by atoms with van der Waals surface area (Å²) < 4.78 is 0. The molecule has 0 aromatic heterocycles. The van der Waals surface area contributed by atoms with Gasteiger partial charge >= 0.3 is 5.97 Å². The van der Waals surface area contributed by atoms with E-state index in [0.29, 0.717) is 31.6 Å². The van der Waals surface area contributed by atoms with Crippen molar-refractivity contribution in [2.45, 2.75) is 26.0 Å². The molecule has 2 unspecified atom stereocenters. The number of carbonyl (C=O) groups is 1. The van der Waals surface area contributed by atoms with Gasteiger partial charge in [-0.05, 0) is 17.9 Å². The number of rotatable bonds is 4. The topological polar surface area (TPSA) is 104 Å². The van der Waals surface area contributed by atoms with Gasteiger partial charge in [0, 0.05) is 25.7 Å². The van der Waals surface area contributed by atoms with E-state index in [-0.39, 0.29) is 23.3 Å². The highest BCUT2D eigenvalue weighted by molar-refractivity contribution is 5.94. The first kappa shape index (κ1) is 15.4. The first-order valence-electron chi connectivity index (χ1n) is 6.80. The van der Waals surface area contributed by atoms with Gasteiger partial charge in [-0.1, -0.05) is 19.1 Å². The van der Waals surface area contributed by atoms with Crippen LogP contribution in [-0.4, -0.2) is 45.2 Å². The molecule has 0 saturated carbocycles. The Morgan fingerprint density at radius 3 is 2.81 bits per heavy atom. The average Bonchev–Trinajstić information content (AvgIpc) is 2.42. The Balaban J connectivity index is 2.26. The van der Waals surface area contributed by atoms with Crippen LogP contribution < -0.4 is 0 Å². The van der Waals surface area contributed by atoms with Crippen LogP contribution >= 0.6 is 0 Å². The molecule has 21 heavy (non-hydrogen) atoms. The minimum Gasteiger partial charge on any atom is -0.477 e. The van der Waals surface area contributed by atoms with E-state index in [2.05, 4.69) is 0 Å². The third-order valence-corrected chi connectivity index (χ3v) is 3.88. The molecule has 1 fully saturated rings. The highest BCUT2D eigenvalue weighted by Gasteiger charge is 2.28. The smallest absolute Gasteiger partial charge is 0.343 e. The Bertz CT molecular complexity index is 560. The van der Waals surface area contributed by atoms with Gasteiger partial charge in [0.15, 0.2) is 0 Å². The Kier molecular flexibility index (Phi) is 4.54. The fourth-order valence-corrected chi connectivity index (χ4v) is 2.72. The van der Waals surface area contributed by atoms with E-state index in [1.807, 2.05) is 11.8 Å². The molecule has 1 saturated heterocycles. The maximum absolute atomic E-state index is 11.3. The zero-order valence-corrected chi connectivity index (χ0v) is 11.7. The first-order valence-corrected chi connectivity index (χ1v) is 6.80. The third-order valence-electron chi connectivity index (χ3n) is 3.88. The third kappa shape index (κ3) is 3.37. The standard InChI is InChI=1S/C14H18N2O5/c1-9-7-15(6-5-12(9)17)8-10-3-2-4-11(16(20)21)13(10)14(18)19/h2-4,9,12,17H,5-8H2,1H3,(H,18,19). The molecule has 114 valence electrons. The predicted molar refractivity (Wildman–Crippen MR) is 75.1 cm³/mol. The van der Waals surface area contributed by atoms with Gasteiger partial charge in [0.05, 0.1) is 11.0 Å². The predicted octanol–water partition coefficient (Wildman–Crippen LogP) is 1.50. The van der Waals surface area contributed by atoms with E-state index in [4.69, 9.17) is 0 Å². The van der Waals surface area contributed by atoms with E-state index in [0.717, 1.165) is 0 Å². The van der Waals surface area contributed by atoms with Gasteiger partial charge in [-0.3, -0.25) is 15.0 Å². The lowest BCUT2D eigenvalue weighted by molar-refractivity contribution is -0.385. The molecule has 0 aliphatic carbocycles. The summed E-state index contributed by atoms with van der Waals surface area (Å²) in [4.78, 5) is 23.6. The monoisotopic (exact) mass is 294 g/mol. The Labute approximate surface area is 122 Å². The zero-order valence-electron chi connectivity index (χ0n) is 11.7. The molecule has 1 aromatic carbocycles. The summed E-state index contributed by atoms with van der Waals surface area (Å²) in [5.74, 6) is -1.19. The summed E-state index contributed by atoms with van der Waals surface area (Å²) in [5.41, 5.74) is -0.202. The summed E-state index contributed by atoms with van der Waals surface area (Å²) in [5, 5.41) is 29.9. The molecule has 7 heteroatoms. The maximum atomic E-state index is 11.3. The van der Waals surface area contributed by atoms with Crippen LogP contribution in [-0.2, 0) is 6.54 Å². The largest absolute Gasteiger partial charge is 0.477 e. The Morgan fingerprint density at radius 2 is 2.24 bits per heavy atom. The van der Waals surface area contributed by atoms with Crippen LogP contribution in [0, 0.1) is 16.0 Å². The second kappa shape index (κ2) is 6.19. The number of hydrogen-bond donors (Lipinski definition) is 2. The summed E-state index contributed by atoms with van der Waals surface area (Å²) in [6.07, 6.45) is 0.281. The molecule has 2 N–H and O–H groups in total. The van der Waals surface area contributed by atoms with Crippen molar-refractivity contribution in [2.24, 2.45) is 5.92 Å². The number of aliphatic hydroxyl groups excluding tert-OH is 1. The molecular formula is C14H18N2O5. The number of carboxylic acids is 1. The van der Waals surface area contributed by atoms with Crippen molar-refractivity contribution >= 4 is 11.7 Å². The number of carboxylic acid groups (broad SMARTS) is 1. The van der Waals surface area contributed by atoms with Crippen molar-refractivity contribution < 1.29 is 19.9 Å². The molecule has 0 amide bonds. The molecule has 1 aliphatic rings. The van der Waals surface area contributed by atoms with Gasteiger partial charge in [-0.15, -0.1) is 0 Å². The number of hydrogen-bond acceptors (Lipinski definition) is 5. The van der Waals surface area contributed by atoms with Crippen molar-refractivity contribution in [2.75, 3.05) is 13.1 Å². The van der Waals surface area contributed by atoms with Crippen LogP contribution in [0.15, 0.2) is 18.2 Å². The van der Waals surface area contributed by atoms with E-state index in [1.165, 1.54) is 12.1 Å². The summed E-state index contributed by atoms with van der Waals surface area (Å²) in [6, 6.07) is 4.31. The fraction of sp³-hybridized carbons (Fsp3) is 0.500. The van der Waals surface area contributed by atoms with Gasteiger partial charge < -0.3 is 10.2 Å². The highest BCUT2D eigenvalue weighted by Crippen LogP contribution is 2.25. The molecule has 7 nitrogen and oxygen atoms in total. The number of nitro groups is 1. The summed E-state index contributed by atoms with van der Waals surface area (Å²) >= 11 is 0. The normalized spacial score (nSPS) is 23.0. The first-order chi connectivity index (χ1) is 9.90. The minimum absolute atomic E-state index is 0.103. The van der Waals surface area contributed by atoms with Crippen molar-refractivity contribution in [3.63, 3.8) is 0 Å². The summed E-state index contributed by atoms with van der Waals surface area (Å²) in [6.45, 7) is 3.55. The molecule has 2 rings (SSSR count). The van der Waals surface area contributed by atoms with Crippen LogP contribution in [0.25, 0.3) is 0 Å². The molecule has 0 bridgehead atoms. The number of piperidine rings is 1. The lowest BCUT2D eigenvalue weighted by Crippen LogP contribution is -2.41. The molecule has 2 atom stereocenters. The number of nitrogens with zero attached hydrogens (tertiary/aromatic N) is 2. The Morgan fingerprint density at radius 1 is 1.52 bits per heavy atom. The second-order valence-corrected chi connectivity index (χ2v) is 5.44. The van der Waals surface area contributed by atoms with Gasteiger partial charge in [0.2, 0.25) is 0 Å². The van der Waals surface area contributed by atoms with E-state index in [9.17, 15) is 25.1 Å². The number of nitro benzene ring substituents is 1. The second-order valence-electron chi connectivity index (χ2n) is 5.44. The highest BCUT2D eigenvalue weighted by atomic mass is 16.6. The fourth-order valence-electron chi connectivity index (χ4n) is 2.72. The van der Waals surface area contributed by atoms with Gasteiger partial charge in [-0.2, -0.15) is 0 Å². The van der Waals surface area contributed by atoms with Crippen LogP contribution in [0.1, 0.15) is 29.3 Å². The quantitative estimate of drug-likeness (QED) is 0.644. The molecule has 1 heterocycles. The molecule has 1 aromatic rings. The van der Waals surface area contributed by atoms with E-state index >= 15 is 0 Å². The van der Waals surface area contributed by atoms with Gasteiger partial charge in [0.1, 0.15) is 5.56 Å². The van der Waals surface area contributed by atoms with Crippen LogP contribution in [0.5, 0.6) is 0 Å². The number of likely N-dealkylation sites (tertiary alicyclic amines) is 1. The Hall–Kier alpha value is -1.99. The van der Waals surface area contributed by atoms with E-state index < -0.39 is 10.9 Å². The van der Waals surface area contributed by atoms with Crippen LogP contribution in [0.3, 0.4) is 0 Å². The maximum Gasteiger partial charge on any atom is 0.343 e. The number of aromatic carboxylic acids is 1. The molecule has 1 aliphatic heterocycles. The molecule has 0 spiro atoms. The van der Waals surface area contributed by atoms with Gasteiger partial charge in [-0.25, -0.2) is 4.79 Å². The summed E-state index contributed by atoms with van der Waals surface area (Å²) in [7, 11) is 0. The number of aliphatic hydroxyl groups is 1. The molecule has 0 radical (unpaired) electrons. The average molecular weight is 294 g/mol. The van der Waals surface area contributed by atoms with Crippen LogP contribution in [0.4, 0.5) is 5.69 Å². The van der Waals surface area contributed by atoms with E-state index in [1.54, 1.807) is 6.07 Å². The van der Waals surface area contributed by atoms with Crippen molar-refractivity contribution in [3.8, 4) is 0 Å². The van der Waals surface area contributed by atoms with Crippen molar-refractivity contribution in [3.05, 3.63) is 39.4 Å². The van der Waals surface area contributed by atoms with Crippen molar-refractivity contribution in [1.82, 2.24) is 4.90 Å². The number of benzene rings is 1. The SMILES string of the molecule is CC1CN(Cc2cccc([N+](=O)[O-])c2C(=O)O)CCC1O. The molecular weight excluding hydrogens is 276 g/mol. The minimum atomic E-state index is -1.29. The van der Waals surface area contributed by atoms with Crippen LogP contribution in [0.2, 0.25) is 0 Å². The lowest BCUT2D eigenvalue weighted by atomic mass is 9.95. The lowest BCUT2D eigenvalue weighted by Gasteiger charge is -2.34. The van der Waals surface area contributed by atoms with Gasteiger partial charge in [0.25, 0.3) is 5.69 Å². The van der Waals surface area contributed by atoms with Crippen molar-refractivity contribution in [1.29, 1.82) is 0 Å².